The van der Waals surface area contributed by atoms with Gasteiger partial charge in [-0.15, -0.1) is 0 Å². The number of unbranched alkanes of at least 4 members (excludes halogenated alkanes) is 1. The van der Waals surface area contributed by atoms with Crippen molar-refractivity contribution in [1.82, 2.24) is 10.6 Å². The van der Waals surface area contributed by atoms with Crippen molar-refractivity contribution in [1.29, 1.82) is 0 Å². The average molecular weight is 202 g/mol. The van der Waals surface area contributed by atoms with Crippen molar-refractivity contribution in [3.8, 4) is 0 Å². The van der Waals surface area contributed by atoms with Crippen LogP contribution in [-0.4, -0.2) is 39.3 Å². The second-order valence-corrected chi connectivity index (χ2v) is 3.20. The molecule has 0 unspecified atom stereocenters. The SMILES string of the molecule is CCCCNC(=O)CCNCCOC. The van der Waals surface area contributed by atoms with Crippen LogP contribution in [0.1, 0.15) is 26.2 Å². The molecule has 0 saturated heterocycles. The fourth-order valence-corrected chi connectivity index (χ4v) is 0.994. The van der Waals surface area contributed by atoms with E-state index in [1.165, 1.54) is 0 Å². The molecular formula is C10H22N2O2. The minimum absolute atomic E-state index is 0.128. The zero-order chi connectivity index (χ0) is 10.6. The number of methoxy groups -OCH3 is 1. The van der Waals surface area contributed by atoms with Crippen molar-refractivity contribution < 1.29 is 9.53 Å². The first-order valence-electron chi connectivity index (χ1n) is 5.27. The first kappa shape index (κ1) is 13.4. The molecule has 0 aromatic carbocycles. The predicted molar refractivity (Wildman–Crippen MR) is 57.3 cm³/mol. The highest BCUT2D eigenvalue weighted by Gasteiger charge is 1.98. The average Bonchev–Trinajstić information content (AvgIpc) is 2.18. The second-order valence-electron chi connectivity index (χ2n) is 3.20. The molecule has 0 rings (SSSR count). The molecule has 2 N–H and O–H groups in total. The van der Waals surface area contributed by atoms with Crippen LogP contribution in [0.4, 0.5) is 0 Å². The summed E-state index contributed by atoms with van der Waals surface area (Å²) in [6.45, 7) is 5.13. The van der Waals surface area contributed by atoms with E-state index in [-0.39, 0.29) is 5.91 Å². The quantitative estimate of drug-likeness (QED) is 0.536. The van der Waals surface area contributed by atoms with Crippen molar-refractivity contribution in [3.63, 3.8) is 0 Å². The normalized spacial score (nSPS) is 10.1. The zero-order valence-electron chi connectivity index (χ0n) is 9.27. The smallest absolute Gasteiger partial charge is 0.221 e. The molecule has 0 radical (unpaired) electrons. The van der Waals surface area contributed by atoms with Crippen LogP contribution in [0.3, 0.4) is 0 Å². The van der Waals surface area contributed by atoms with Gasteiger partial charge in [0.1, 0.15) is 0 Å². The van der Waals surface area contributed by atoms with Gasteiger partial charge in [-0.25, -0.2) is 0 Å². The van der Waals surface area contributed by atoms with E-state index in [4.69, 9.17) is 4.74 Å². The third-order valence-corrected chi connectivity index (χ3v) is 1.86. The third-order valence-electron chi connectivity index (χ3n) is 1.86. The van der Waals surface area contributed by atoms with Gasteiger partial charge < -0.3 is 15.4 Å². The molecule has 0 bridgehead atoms. The highest BCUT2D eigenvalue weighted by Crippen LogP contribution is 1.84. The summed E-state index contributed by atoms with van der Waals surface area (Å²) >= 11 is 0. The Labute approximate surface area is 86.4 Å². The number of carbonyl (C=O) groups excluding carboxylic acids is 1. The number of ether oxygens (including phenoxy) is 1. The number of carbonyl (C=O) groups is 1. The molecule has 0 aliphatic rings. The van der Waals surface area contributed by atoms with Crippen LogP contribution in [0.15, 0.2) is 0 Å². The fraction of sp³-hybridized carbons (Fsp3) is 0.900. The van der Waals surface area contributed by atoms with Crippen molar-refractivity contribution in [2.75, 3.05) is 33.4 Å². The van der Waals surface area contributed by atoms with Crippen molar-refractivity contribution >= 4 is 5.91 Å². The van der Waals surface area contributed by atoms with Gasteiger partial charge >= 0.3 is 0 Å². The van der Waals surface area contributed by atoms with Crippen molar-refractivity contribution in [2.24, 2.45) is 0 Å². The van der Waals surface area contributed by atoms with E-state index in [0.29, 0.717) is 13.0 Å². The molecule has 1 amide bonds. The lowest BCUT2D eigenvalue weighted by molar-refractivity contribution is -0.121. The van der Waals surface area contributed by atoms with Gasteiger partial charge in [-0.05, 0) is 6.42 Å². The Morgan fingerprint density at radius 3 is 2.71 bits per heavy atom. The number of nitrogens with one attached hydrogen (secondary N) is 2. The fourth-order valence-electron chi connectivity index (χ4n) is 0.994. The van der Waals surface area contributed by atoms with Gasteiger partial charge in [-0.3, -0.25) is 4.79 Å². The van der Waals surface area contributed by atoms with E-state index in [2.05, 4.69) is 17.6 Å². The van der Waals surface area contributed by atoms with Gasteiger partial charge in [0.05, 0.1) is 6.61 Å². The lowest BCUT2D eigenvalue weighted by Gasteiger charge is -2.05. The van der Waals surface area contributed by atoms with Gasteiger partial charge in [-0.1, -0.05) is 13.3 Å². The number of amides is 1. The highest BCUT2D eigenvalue weighted by molar-refractivity contribution is 5.75. The number of rotatable bonds is 9. The molecule has 0 saturated carbocycles. The van der Waals surface area contributed by atoms with E-state index in [0.717, 1.165) is 32.5 Å². The molecule has 0 aliphatic carbocycles. The molecule has 0 aromatic heterocycles. The van der Waals surface area contributed by atoms with Crippen molar-refractivity contribution in [2.45, 2.75) is 26.2 Å². The van der Waals surface area contributed by atoms with Crippen LogP contribution in [0.25, 0.3) is 0 Å². The maximum atomic E-state index is 11.2. The molecule has 0 spiro atoms. The summed E-state index contributed by atoms with van der Waals surface area (Å²) in [5, 5.41) is 5.99. The lowest BCUT2D eigenvalue weighted by atomic mass is 10.3. The van der Waals surface area contributed by atoms with Crippen LogP contribution >= 0.6 is 0 Å². The summed E-state index contributed by atoms with van der Waals surface area (Å²) in [6.07, 6.45) is 2.72. The highest BCUT2D eigenvalue weighted by atomic mass is 16.5. The van der Waals surface area contributed by atoms with E-state index >= 15 is 0 Å². The Hall–Kier alpha value is -0.610. The second kappa shape index (κ2) is 10.5. The summed E-state index contributed by atoms with van der Waals surface area (Å²) in [5.74, 6) is 0.128. The summed E-state index contributed by atoms with van der Waals surface area (Å²) in [4.78, 5) is 11.2. The first-order chi connectivity index (χ1) is 6.81. The molecule has 4 heteroatoms. The standard InChI is InChI=1S/C10H22N2O2/c1-3-4-6-12-10(13)5-7-11-8-9-14-2/h11H,3-9H2,1-2H3,(H,12,13). The molecule has 0 aromatic rings. The third kappa shape index (κ3) is 9.48. The van der Waals surface area contributed by atoms with E-state index in [9.17, 15) is 4.79 Å². The Balaban J connectivity index is 3.10. The first-order valence-corrected chi connectivity index (χ1v) is 5.27. The van der Waals surface area contributed by atoms with Crippen LogP contribution in [0.5, 0.6) is 0 Å². The molecule has 14 heavy (non-hydrogen) atoms. The lowest BCUT2D eigenvalue weighted by Crippen LogP contribution is -2.29. The van der Waals surface area contributed by atoms with Crippen LogP contribution in [0, 0.1) is 0 Å². The van der Waals surface area contributed by atoms with Gasteiger partial charge in [0.15, 0.2) is 0 Å². The monoisotopic (exact) mass is 202 g/mol. The van der Waals surface area contributed by atoms with E-state index < -0.39 is 0 Å². The van der Waals surface area contributed by atoms with Gasteiger partial charge in [0.25, 0.3) is 0 Å². The summed E-state index contributed by atoms with van der Waals surface area (Å²) < 4.78 is 4.87. The van der Waals surface area contributed by atoms with Gasteiger partial charge in [-0.2, -0.15) is 0 Å². The van der Waals surface area contributed by atoms with Crippen LogP contribution < -0.4 is 10.6 Å². The van der Waals surface area contributed by atoms with Crippen LogP contribution in [-0.2, 0) is 9.53 Å². The molecule has 4 nitrogen and oxygen atoms in total. The number of hydrogen-bond donors (Lipinski definition) is 2. The summed E-state index contributed by atoms with van der Waals surface area (Å²) in [7, 11) is 1.67. The predicted octanol–water partition coefficient (Wildman–Crippen LogP) is 0.529. The van der Waals surface area contributed by atoms with E-state index in [1.807, 2.05) is 0 Å². The zero-order valence-corrected chi connectivity index (χ0v) is 9.27. The maximum absolute atomic E-state index is 11.2. The maximum Gasteiger partial charge on any atom is 0.221 e. The topological polar surface area (TPSA) is 50.4 Å². The van der Waals surface area contributed by atoms with Gasteiger partial charge in [0.2, 0.25) is 5.91 Å². The summed E-state index contributed by atoms with van der Waals surface area (Å²) in [5.41, 5.74) is 0. The minimum atomic E-state index is 0.128. The molecule has 0 aliphatic heterocycles. The summed E-state index contributed by atoms with van der Waals surface area (Å²) in [6, 6.07) is 0. The van der Waals surface area contributed by atoms with E-state index in [1.54, 1.807) is 7.11 Å². The Bertz CT molecular complexity index is 140. The molecule has 0 heterocycles. The van der Waals surface area contributed by atoms with Crippen LogP contribution in [0.2, 0.25) is 0 Å². The largest absolute Gasteiger partial charge is 0.383 e. The molecular weight excluding hydrogens is 180 g/mol. The van der Waals surface area contributed by atoms with Gasteiger partial charge in [0, 0.05) is 33.2 Å². The van der Waals surface area contributed by atoms with Crippen molar-refractivity contribution in [3.05, 3.63) is 0 Å². The molecule has 0 atom stereocenters. The minimum Gasteiger partial charge on any atom is -0.383 e. The Morgan fingerprint density at radius 1 is 1.29 bits per heavy atom. The molecule has 84 valence electrons. The Kier molecular flexibility index (Phi) is 10.0. The Morgan fingerprint density at radius 2 is 2.07 bits per heavy atom. The molecule has 0 fully saturated rings. The number of hydrogen-bond acceptors (Lipinski definition) is 3.